The van der Waals surface area contributed by atoms with Crippen molar-refractivity contribution in [2.45, 2.75) is 52.5 Å². The van der Waals surface area contributed by atoms with Crippen molar-refractivity contribution >= 4 is 9.84 Å². The molecule has 0 aromatic heterocycles. The Kier molecular flexibility index (Phi) is 5.93. The average molecular weight is 261 g/mol. The van der Waals surface area contributed by atoms with Crippen LogP contribution in [0.3, 0.4) is 0 Å². The fourth-order valence-electron chi connectivity index (χ4n) is 2.95. The third kappa shape index (κ3) is 5.87. The van der Waals surface area contributed by atoms with Gasteiger partial charge in [-0.1, -0.05) is 20.8 Å². The molecule has 4 heteroatoms. The normalized spacial score (nSPS) is 30.4. The molecule has 1 aliphatic carbocycles. The second-order valence-electron chi connectivity index (χ2n) is 5.72. The van der Waals surface area contributed by atoms with Gasteiger partial charge < -0.3 is 5.32 Å². The van der Waals surface area contributed by atoms with Gasteiger partial charge in [-0.15, -0.1) is 0 Å². The molecule has 102 valence electrons. The minimum Gasteiger partial charge on any atom is -0.313 e. The smallest absolute Gasteiger partial charge is 0.151 e. The van der Waals surface area contributed by atoms with E-state index in [-0.39, 0.29) is 0 Å². The van der Waals surface area contributed by atoms with Crippen LogP contribution in [0.15, 0.2) is 0 Å². The Morgan fingerprint density at radius 2 is 1.65 bits per heavy atom. The predicted molar refractivity (Wildman–Crippen MR) is 72.9 cm³/mol. The van der Waals surface area contributed by atoms with Gasteiger partial charge in [0.05, 0.1) is 5.75 Å². The van der Waals surface area contributed by atoms with Crippen LogP contribution < -0.4 is 5.32 Å². The summed E-state index contributed by atoms with van der Waals surface area (Å²) in [5.41, 5.74) is 0. The number of hydrogen-bond donors (Lipinski definition) is 1. The minimum atomic E-state index is -2.82. The van der Waals surface area contributed by atoms with E-state index in [2.05, 4.69) is 19.2 Å². The first-order valence-electron chi connectivity index (χ1n) is 6.86. The van der Waals surface area contributed by atoms with Gasteiger partial charge in [0.15, 0.2) is 9.84 Å². The number of sulfone groups is 1. The molecule has 1 N–H and O–H groups in total. The van der Waals surface area contributed by atoms with Crippen LogP contribution in [-0.4, -0.2) is 32.5 Å². The van der Waals surface area contributed by atoms with Crippen LogP contribution in [0, 0.1) is 11.8 Å². The molecule has 2 atom stereocenters. The van der Waals surface area contributed by atoms with Crippen molar-refractivity contribution in [2.24, 2.45) is 11.8 Å². The summed E-state index contributed by atoms with van der Waals surface area (Å²) >= 11 is 0. The molecule has 0 aromatic carbocycles. The molecule has 0 heterocycles. The van der Waals surface area contributed by atoms with E-state index in [4.69, 9.17) is 0 Å². The van der Waals surface area contributed by atoms with E-state index in [0.717, 1.165) is 18.3 Å². The summed E-state index contributed by atoms with van der Waals surface area (Å²) in [7, 11) is -2.82. The van der Waals surface area contributed by atoms with Crippen molar-refractivity contribution in [3.63, 3.8) is 0 Å². The van der Waals surface area contributed by atoms with Gasteiger partial charge >= 0.3 is 0 Å². The molecule has 0 spiro atoms. The van der Waals surface area contributed by atoms with Crippen molar-refractivity contribution in [3.8, 4) is 0 Å². The maximum absolute atomic E-state index is 11.6. The van der Waals surface area contributed by atoms with Crippen LogP contribution in [0.25, 0.3) is 0 Å². The quantitative estimate of drug-likeness (QED) is 0.797. The van der Waals surface area contributed by atoms with Crippen molar-refractivity contribution in [2.75, 3.05) is 18.1 Å². The van der Waals surface area contributed by atoms with Crippen molar-refractivity contribution in [3.05, 3.63) is 0 Å². The van der Waals surface area contributed by atoms with E-state index in [9.17, 15) is 8.42 Å². The Morgan fingerprint density at radius 1 is 1.06 bits per heavy atom. The summed E-state index contributed by atoms with van der Waals surface area (Å²) in [5.74, 6) is 2.15. The zero-order valence-electron chi connectivity index (χ0n) is 11.4. The van der Waals surface area contributed by atoms with Gasteiger partial charge in [0.2, 0.25) is 0 Å². The predicted octanol–water partition coefficient (Wildman–Crippen LogP) is 2.23. The van der Waals surface area contributed by atoms with E-state index < -0.39 is 9.84 Å². The van der Waals surface area contributed by atoms with Gasteiger partial charge in [-0.2, -0.15) is 0 Å². The Bertz CT molecular complexity index is 303. The van der Waals surface area contributed by atoms with E-state index in [0.29, 0.717) is 24.1 Å². The number of hydrogen-bond acceptors (Lipinski definition) is 3. The van der Waals surface area contributed by atoms with E-state index >= 15 is 0 Å². The van der Waals surface area contributed by atoms with Gasteiger partial charge in [-0.05, 0) is 37.5 Å². The minimum absolute atomic E-state index is 0.292. The molecule has 0 saturated heterocycles. The third-order valence-electron chi connectivity index (χ3n) is 3.54. The first kappa shape index (κ1) is 15.0. The molecule has 1 aliphatic rings. The van der Waals surface area contributed by atoms with E-state index in [1.807, 2.05) is 6.92 Å². The Hall–Kier alpha value is -0.0900. The summed E-state index contributed by atoms with van der Waals surface area (Å²) < 4.78 is 23.1. The summed E-state index contributed by atoms with van der Waals surface area (Å²) in [4.78, 5) is 0. The molecule has 1 fully saturated rings. The van der Waals surface area contributed by atoms with Crippen LogP contribution in [0.1, 0.15) is 46.5 Å². The maximum Gasteiger partial charge on any atom is 0.151 e. The van der Waals surface area contributed by atoms with Crippen LogP contribution in [0.4, 0.5) is 0 Å². The highest BCUT2D eigenvalue weighted by molar-refractivity contribution is 7.91. The van der Waals surface area contributed by atoms with Gasteiger partial charge in [0.1, 0.15) is 0 Å². The lowest BCUT2D eigenvalue weighted by molar-refractivity contribution is 0.242. The molecule has 0 amide bonds. The lowest BCUT2D eigenvalue weighted by Crippen LogP contribution is -2.38. The zero-order valence-corrected chi connectivity index (χ0v) is 12.2. The molecule has 0 aliphatic heterocycles. The highest BCUT2D eigenvalue weighted by Gasteiger charge is 2.23. The largest absolute Gasteiger partial charge is 0.313 e. The fraction of sp³-hybridized carbons (Fsp3) is 1.00. The lowest BCUT2D eigenvalue weighted by Gasteiger charge is -2.32. The summed E-state index contributed by atoms with van der Waals surface area (Å²) in [6, 6.07) is 0.519. The Labute approximate surface area is 106 Å². The molecule has 17 heavy (non-hydrogen) atoms. The molecule has 0 aromatic rings. The standard InChI is InChI=1S/C13H27NO2S/c1-4-6-17(15,16)7-5-14-13-9-11(2)8-12(3)10-13/h11-14H,4-10H2,1-3H3. The van der Waals surface area contributed by atoms with Crippen LogP contribution in [0.5, 0.6) is 0 Å². The van der Waals surface area contributed by atoms with Crippen LogP contribution in [-0.2, 0) is 9.84 Å². The van der Waals surface area contributed by atoms with Crippen LogP contribution >= 0.6 is 0 Å². The summed E-state index contributed by atoms with van der Waals surface area (Å²) in [6.45, 7) is 7.11. The summed E-state index contributed by atoms with van der Waals surface area (Å²) in [5, 5.41) is 3.42. The Balaban J connectivity index is 2.26. The van der Waals surface area contributed by atoms with Gasteiger partial charge in [-0.25, -0.2) is 8.42 Å². The highest BCUT2D eigenvalue weighted by Crippen LogP contribution is 2.28. The SMILES string of the molecule is CCCS(=O)(=O)CCNC1CC(C)CC(C)C1. The van der Waals surface area contributed by atoms with Crippen molar-refractivity contribution in [1.82, 2.24) is 5.32 Å². The van der Waals surface area contributed by atoms with Gasteiger partial charge in [0.25, 0.3) is 0 Å². The first-order chi connectivity index (χ1) is 7.93. The average Bonchev–Trinajstić information content (AvgIpc) is 2.15. The van der Waals surface area contributed by atoms with E-state index in [1.165, 1.54) is 19.3 Å². The molecular formula is C13H27NO2S. The maximum atomic E-state index is 11.6. The number of nitrogens with one attached hydrogen (secondary N) is 1. The van der Waals surface area contributed by atoms with E-state index in [1.54, 1.807) is 0 Å². The topological polar surface area (TPSA) is 46.2 Å². The monoisotopic (exact) mass is 261 g/mol. The number of rotatable bonds is 6. The summed E-state index contributed by atoms with van der Waals surface area (Å²) in [6.07, 6.45) is 4.42. The second-order valence-corrected chi connectivity index (χ2v) is 8.02. The molecule has 1 rings (SSSR count). The fourth-order valence-corrected chi connectivity index (χ4v) is 4.20. The Morgan fingerprint density at radius 3 is 2.18 bits per heavy atom. The first-order valence-corrected chi connectivity index (χ1v) is 8.69. The van der Waals surface area contributed by atoms with Crippen LogP contribution in [0.2, 0.25) is 0 Å². The second kappa shape index (κ2) is 6.74. The third-order valence-corrected chi connectivity index (χ3v) is 5.40. The molecule has 1 saturated carbocycles. The van der Waals surface area contributed by atoms with Gasteiger partial charge in [0, 0.05) is 18.3 Å². The van der Waals surface area contributed by atoms with Crippen molar-refractivity contribution < 1.29 is 8.42 Å². The molecule has 0 bridgehead atoms. The molecule has 3 nitrogen and oxygen atoms in total. The molecule has 2 unspecified atom stereocenters. The highest BCUT2D eigenvalue weighted by atomic mass is 32.2. The van der Waals surface area contributed by atoms with Crippen molar-refractivity contribution in [1.29, 1.82) is 0 Å². The lowest BCUT2D eigenvalue weighted by atomic mass is 9.80. The zero-order chi connectivity index (χ0) is 12.9. The van der Waals surface area contributed by atoms with Gasteiger partial charge in [-0.3, -0.25) is 0 Å². The molecule has 0 radical (unpaired) electrons. The molecular weight excluding hydrogens is 234 g/mol.